The molecule has 2 rings (SSSR count). The molecule has 5 N–H and O–H groups in total. The molecule has 0 saturated heterocycles. The fraction of sp³-hybridized carbons (Fsp3) is 0.556. The minimum atomic E-state index is -3.60. The van der Waals surface area contributed by atoms with Crippen LogP contribution >= 0.6 is 0 Å². The molecule has 1 aliphatic heterocycles. The Morgan fingerprint density at radius 1 is 1.20 bits per heavy atom. The summed E-state index contributed by atoms with van der Waals surface area (Å²) in [5.74, 6) is -7.24. The number of carbonyl (C=O) groups excluding carboxylic acids is 6. The normalized spacial score (nSPS) is 14.8. The average Bonchev–Trinajstić information content (AvgIpc) is 3.08. The van der Waals surface area contributed by atoms with Crippen LogP contribution in [0.15, 0.2) is 18.2 Å². The summed E-state index contributed by atoms with van der Waals surface area (Å²) in [7, 11) is 0. The maximum absolute atomic E-state index is 13.7. The van der Waals surface area contributed by atoms with Gasteiger partial charge in [-0.05, 0) is 32.4 Å². The maximum Gasteiger partial charge on any atom is 0.407 e. The standard InChI is InChI=1S/C20H26FN3O6.C7H11F3N2O2/c1-14-12-19(27)24(16-13-15(21)5-6-17(16)30-14)9-11-29-20(28)23-8-7-22-18(26)4-2-3-10-25;1-4(5(11)13)6(14)12-3-7(9,10)2-8/h5-6,10,13-14H,2-4,7-9,11-12H2,1H3,(H,22,26)(H,23,28);4H,2-3H2,1H3,(H2,11,13)(H,12,14)/t14-;/m1./s1. The monoisotopic (exact) mass is 635 g/mol. The summed E-state index contributed by atoms with van der Waals surface area (Å²) in [6, 6.07) is 3.93. The number of amides is 5. The number of unbranched alkanes of at least 4 members (excludes halogenated alkanes) is 1. The van der Waals surface area contributed by atoms with Crippen molar-refractivity contribution in [2.24, 2.45) is 11.7 Å². The Labute approximate surface area is 251 Å². The summed E-state index contributed by atoms with van der Waals surface area (Å²) in [4.78, 5) is 68.5. The van der Waals surface area contributed by atoms with Gasteiger partial charge in [0.05, 0.1) is 25.2 Å². The van der Waals surface area contributed by atoms with Crippen LogP contribution in [0.2, 0.25) is 0 Å². The van der Waals surface area contributed by atoms with Gasteiger partial charge >= 0.3 is 6.09 Å². The van der Waals surface area contributed by atoms with Gasteiger partial charge in [0.25, 0.3) is 5.92 Å². The molecule has 1 aromatic carbocycles. The predicted molar refractivity (Wildman–Crippen MR) is 148 cm³/mol. The van der Waals surface area contributed by atoms with E-state index in [-0.39, 0.29) is 57.0 Å². The minimum Gasteiger partial charge on any atom is -0.488 e. The van der Waals surface area contributed by atoms with Crippen LogP contribution < -0.4 is 31.3 Å². The summed E-state index contributed by atoms with van der Waals surface area (Å²) in [5, 5.41) is 6.82. The molecule has 246 valence electrons. The first-order valence-corrected chi connectivity index (χ1v) is 13.6. The number of nitrogens with zero attached hydrogens (tertiary/aromatic N) is 1. The number of ether oxygens (including phenoxy) is 2. The highest BCUT2D eigenvalue weighted by Crippen LogP contribution is 2.33. The number of rotatable bonds is 15. The van der Waals surface area contributed by atoms with Crippen molar-refractivity contribution in [1.82, 2.24) is 16.0 Å². The zero-order chi connectivity index (χ0) is 33.3. The van der Waals surface area contributed by atoms with Crippen molar-refractivity contribution in [3.8, 4) is 5.75 Å². The summed E-state index contributed by atoms with van der Waals surface area (Å²) in [6.07, 6.45) is 0.886. The zero-order valence-electron chi connectivity index (χ0n) is 24.3. The van der Waals surface area contributed by atoms with Gasteiger partial charge in [0, 0.05) is 32.0 Å². The number of hydrogen-bond acceptors (Lipinski definition) is 8. The second kappa shape index (κ2) is 19.0. The third kappa shape index (κ3) is 14.2. The lowest BCUT2D eigenvalue weighted by molar-refractivity contribution is -0.134. The van der Waals surface area contributed by atoms with Gasteiger partial charge in [0.2, 0.25) is 23.6 Å². The number of nitrogens with two attached hydrogens (primary N) is 1. The quantitative estimate of drug-likeness (QED) is 0.0963. The molecule has 0 fully saturated rings. The number of fused-ring (bicyclic) bond motifs is 1. The van der Waals surface area contributed by atoms with Crippen LogP contribution in [0, 0.1) is 11.7 Å². The first kappa shape index (κ1) is 37.6. The van der Waals surface area contributed by atoms with E-state index in [0.717, 1.165) is 6.29 Å². The van der Waals surface area contributed by atoms with Crippen molar-refractivity contribution in [3.05, 3.63) is 24.0 Å². The van der Waals surface area contributed by atoms with Gasteiger partial charge in [-0.15, -0.1) is 0 Å². The highest BCUT2D eigenvalue weighted by Gasteiger charge is 2.31. The lowest BCUT2D eigenvalue weighted by atomic mass is 10.1. The number of nitrogens with one attached hydrogen (secondary N) is 3. The van der Waals surface area contributed by atoms with Gasteiger partial charge in [0.15, 0.2) is 6.67 Å². The molecule has 1 heterocycles. The van der Waals surface area contributed by atoms with Crippen molar-refractivity contribution in [3.63, 3.8) is 0 Å². The molecular formula is C27H37F4N5O8. The Kier molecular flexibility index (Phi) is 16.2. The predicted octanol–water partition coefficient (Wildman–Crippen LogP) is 1.37. The van der Waals surface area contributed by atoms with Gasteiger partial charge in [0.1, 0.15) is 36.5 Å². The molecule has 1 aliphatic rings. The van der Waals surface area contributed by atoms with Gasteiger partial charge < -0.3 is 40.9 Å². The average molecular weight is 636 g/mol. The van der Waals surface area contributed by atoms with E-state index in [1.165, 1.54) is 30.0 Å². The minimum absolute atomic E-state index is 0.0479. The van der Waals surface area contributed by atoms with Crippen molar-refractivity contribution in [2.45, 2.75) is 51.6 Å². The summed E-state index contributed by atoms with van der Waals surface area (Å²) in [5.41, 5.74) is 5.04. The Morgan fingerprint density at radius 3 is 2.52 bits per heavy atom. The largest absolute Gasteiger partial charge is 0.488 e. The number of alkyl carbamates (subject to hydrolysis) is 1. The molecule has 0 spiro atoms. The molecule has 0 radical (unpaired) electrons. The number of alkyl halides is 3. The molecule has 17 heteroatoms. The number of aldehydes is 1. The molecule has 1 unspecified atom stereocenters. The van der Waals surface area contributed by atoms with Crippen LogP contribution in [0.1, 0.15) is 39.5 Å². The van der Waals surface area contributed by atoms with Crippen LogP contribution in [0.25, 0.3) is 0 Å². The summed E-state index contributed by atoms with van der Waals surface area (Å²) >= 11 is 0. The molecule has 2 atom stereocenters. The second-order valence-corrected chi connectivity index (χ2v) is 9.59. The first-order chi connectivity index (χ1) is 20.7. The molecule has 0 saturated carbocycles. The Bertz CT molecular complexity index is 1160. The van der Waals surface area contributed by atoms with E-state index in [9.17, 15) is 46.3 Å². The number of hydrogen-bond donors (Lipinski definition) is 4. The Balaban J connectivity index is 0.000000582. The van der Waals surface area contributed by atoms with Crippen molar-refractivity contribution in [2.75, 3.05) is 44.4 Å². The SMILES string of the molecule is CC(C(N)=O)C(=O)NCC(F)(F)CF.C[C@@H]1CC(=O)N(CCOC(=O)NCCNC(=O)CCCC=O)c2cc(F)ccc2O1. The van der Waals surface area contributed by atoms with E-state index in [0.29, 0.717) is 24.3 Å². The molecule has 44 heavy (non-hydrogen) atoms. The maximum atomic E-state index is 13.7. The van der Waals surface area contributed by atoms with Crippen LogP contribution in [0.3, 0.4) is 0 Å². The number of primary amides is 1. The zero-order valence-corrected chi connectivity index (χ0v) is 24.3. The number of benzene rings is 1. The number of anilines is 1. The topological polar surface area (TPSA) is 186 Å². The molecule has 13 nitrogen and oxygen atoms in total. The van der Waals surface area contributed by atoms with Crippen molar-refractivity contribution < 1.29 is 55.8 Å². The van der Waals surface area contributed by atoms with E-state index in [1.807, 2.05) is 0 Å². The smallest absolute Gasteiger partial charge is 0.407 e. The van der Waals surface area contributed by atoms with E-state index in [2.05, 4.69) is 10.6 Å². The third-order valence-corrected chi connectivity index (χ3v) is 5.83. The highest BCUT2D eigenvalue weighted by atomic mass is 19.3. The van der Waals surface area contributed by atoms with Crippen molar-refractivity contribution in [1.29, 1.82) is 0 Å². The highest BCUT2D eigenvalue weighted by molar-refractivity contribution is 5.99. The molecule has 0 aliphatic carbocycles. The number of halogens is 4. The van der Waals surface area contributed by atoms with Crippen LogP contribution in [0.5, 0.6) is 5.75 Å². The molecule has 1 aromatic rings. The lowest BCUT2D eigenvalue weighted by Crippen LogP contribution is -2.43. The lowest BCUT2D eigenvalue weighted by Gasteiger charge is -2.21. The summed E-state index contributed by atoms with van der Waals surface area (Å²) in [6.45, 7) is 0.261. The van der Waals surface area contributed by atoms with Crippen LogP contribution in [-0.2, 0) is 28.7 Å². The van der Waals surface area contributed by atoms with E-state index in [1.54, 1.807) is 12.2 Å². The van der Waals surface area contributed by atoms with Gasteiger partial charge in [-0.25, -0.2) is 22.4 Å². The van der Waals surface area contributed by atoms with Gasteiger partial charge in [-0.1, -0.05) is 0 Å². The van der Waals surface area contributed by atoms with Gasteiger partial charge in [-0.3, -0.25) is 19.2 Å². The Morgan fingerprint density at radius 2 is 1.89 bits per heavy atom. The van der Waals surface area contributed by atoms with E-state index < -0.39 is 48.8 Å². The van der Waals surface area contributed by atoms with Crippen LogP contribution in [-0.4, -0.2) is 87.5 Å². The van der Waals surface area contributed by atoms with Crippen LogP contribution in [0.4, 0.5) is 28.0 Å². The van der Waals surface area contributed by atoms with E-state index in [4.69, 9.17) is 15.2 Å². The fourth-order valence-electron chi connectivity index (χ4n) is 3.42. The van der Waals surface area contributed by atoms with E-state index >= 15 is 0 Å². The Hall–Kier alpha value is -4.44. The van der Waals surface area contributed by atoms with Crippen molar-refractivity contribution >= 4 is 41.7 Å². The third-order valence-electron chi connectivity index (χ3n) is 5.83. The fourth-order valence-corrected chi connectivity index (χ4v) is 3.42. The molecule has 5 amide bonds. The number of carbonyl (C=O) groups is 6. The molecule has 0 aromatic heterocycles. The molecular weight excluding hydrogens is 598 g/mol. The van der Waals surface area contributed by atoms with Gasteiger partial charge in [-0.2, -0.15) is 0 Å². The first-order valence-electron chi connectivity index (χ1n) is 13.6. The molecule has 0 bridgehead atoms. The summed E-state index contributed by atoms with van der Waals surface area (Å²) < 4.78 is 60.5. The second-order valence-electron chi connectivity index (χ2n) is 9.59.